The Morgan fingerprint density at radius 1 is 0.705 bits per heavy atom. The first-order valence-electron chi connectivity index (χ1n) is 30.6. The van der Waals surface area contributed by atoms with E-state index in [-0.39, 0.29) is 30.1 Å². The molecule has 1 saturated heterocycles. The Morgan fingerprint density at radius 3 is 2.18 bits per heavy atom. The molecule has 6 aromatic carbocycles. The van der Waals surface area contributed by atoms with Crippen molar-refractivity contribution in [2.75, 3.05) is 104 Å². The number of benzene rings is 6. The van der Waals surface area contributed by atoms with Gasteiger partial charge in [0, 0.05) is 129 Å². The van der Waals surface area contributed by atoms with Crippen LogP contribution in [0.3, 0.4) is 0 Å². The van der Waals surface area contributed by atoms with Crippen molar-refractivity contribution in [2.24, 2.45) is 7.05 Å². The number of carbonyl (C=O) groups is 2. The molecule has 0 saturated carbocycles. The number of piperazine rings is 1. The lowest BCUT2D eigenvalue weighted by molar-refractivity contribution is -0.112. The zero-order valence-corrected chi connectivity index (χ0v) is 55.4. The number of ether oxygens (including phenoxy) is 1. The Bertz CT molecular complexity index is 4450. The summed E-state index contributed by atoms with van der Waals surface area (Å²) in [4.78, 5) is 59.5. The van der Waals surface area contributed by atoms with Gasteiger partial charge in [0.15, 0.2) is 0 Å². The number of aryl methyl sites for hydroxylation is 4. The van der Waals surface area contributed by atoms with Gasteiger partial charge in [-0.2, -0.15) is 4.98 Å². The standard InChI is InChI=1S/C28H33N7O.C25H27ClN6O2.C21H19N3.CH4/c1-7-27(36)30-24-17-23(19(2)16-26(24)34(5)15-14-33(3)4)32-28-29-13-12-22(31-28)21-18-35(6)25-11-9-8-10-20(21)25;1-4-23(33)28-18-6-5-7-20(15-18)34-24-21(26)16-27-25(30-24)29-22-9-8-19(14-17(22)2)32-12-10-31(3)11-13-32;1-4-6-15(2)11-17-9-10-20-19(13-17)21(23-14-22-20)24-18-8-5-7-16(3)12-18;/h7-13,16-18H,1,14-15H2,2-6H3,(H,30,36)(H,29,31,32);4-9,14-16H,1,10-13H2,2-3H3,(H,28,33)(H,27,29,30);5,7-10,12-14H,2,11H2,1,3H3,(H,22,23,24);1H4. The predicted molar refractivity (Wildman–Crippen MR) is 393 cm³/mol. The number of amides is 2. The van der Waals surface area contributed by atoms with Crippen LogP contribution in [0.25, 0.3) is 33.1 Å². The van der Waals surface area contributed by atoms with Gasteiger partial charge in [0.2, 0.25) is 29.6 Å². The smallest absolute Gasteiger partial charge is 0.247 e. The molecule has 11 rings (SSSR count). The summed E-state index contributed by atoms with van der Waals surface area (Å²) in [5, 5.41) is 18.0. The molecule has 0 radical (unpaired) electrons. The minimum absolute atomic E-state index is 0. The third-order valence-electron chi connectivity index (χ3n) is 15.4. The van der Waals surface area contributed by atoms with E-state index in [1.54, 1.807) is 36.8 Å². The molecule has 5 heterocycles. The maximum absolute atomic E-state index is 12.2. The fraction of sp³-hybridized carbons (Fsp3) is 0.227. The summed E-state index contributed by atoms with van der Waals surface area (Å²) in [5.41, 5.74) is 15.4. The predicted octanol–water partition coefficient (Wildman–Crippen LogP) is 15.1. The first-order valence-corrected chi connectivity index (χ1v) is 31.0. The van der Waals surface area contributed by atoms with E-state index in [0.29, 0.717) is 29.0 Å². The number of anilines is 10. The number of aromatic nitrogens is 7. The number of halogens is 1. The van der Waals surface area contributed by atoms with Gasteiger partial charge in [-0.15, -0.1) is 5.92 Å². The number of nitrogens with zero attached hydrogens (tertiary/aromatic N) is 11. The molecule has 10 aromatic rings. The average Bonchev–Trinajstić information content (AvgIpc) is 1.74. The van der Waals surface area contributed by atoms with Gasteiger partial charge in [0.25, 0.3) is 0 Å². The highest BCUT2D eigenvalue weighted by Gasteiger charge is 2.19. The molecule has 488 valence electrons. The van der Waals surface area contributed by atoms with Crippen LogP contribution in [0.2, 0.25) is 5.02 Å². The Hall–Kier alpha value is -10.9. The van der Waals surface area contributed by atoms with Gasteiger partial charge >= 0.3 is 0 Å². The molecule has 0 unspecified atom stereocenters. The number of carbonyl (C=O) groups excluding carboxylic acids is 2. The molecule has 2 amide bonds. The monoisotopic (exact) mass is 1290 g/mol. The number of likely N-dealkylation sites (N-methyl/N-ethyl adjacent to an activating group) is 3. The topological polar surface area (TPSA) is 199 Å². The molecular weight excluding hydrogens is 1210 g/mol. The lowest BCUT2D eigenvalue weighted by Gasteiger charge is -2.34. The molecule has 0 bridgehead atoms. The quantitative estimate of drug-likeness (QED) is 0.0356. The SMILES string of the molecule is C.C=C(C#CC)Cc1ccc2ncnc(Nc3cccc(C)c3)c2c1.C=CC(=O)Nc1cc(Nc2nccc(-c3cn(C)c4ccccc34)n2)c(C)cc1N(C)CCN(C)C.C=CC(=O)Nc1cccc(Oc2nc(Nc3ccc(N4CCN(C)CC4)cc3C)ncc2Cl)c1. The highest BCUT2D eigenvalue weighted by molar-refractivity contribution is 6.31. The van der Waals surface area contributed by atoms with E-state index in [4.69, 9.17) is 21.3 Å². The van der Waals surface area contributed by atoms with Crippen molar-refractivity contribution in [3.05, 3.63) is 217 Å². The number of hydrogen-bond donors (Lipinski definition) is 5. The zero-order valence-electron chi connectivity index (χ0n) is 54.7. The maximum atomic E-state index is 12.2. The first kappa shape index (κ1) is 70.0. The molecule has 0 aliphatic carbocycles. The van der Waals surface area contributed by atoms with E-state index < -0.39 is 0 Å². The minimum atomic E-state index is -0.308. The summed E-state index contributed by atoms with van der Waals surface area (Å²) in [6.45, 7) is 24.9. The second-order valence-electron chi connectivity index (χ2n) is 23.0. The summed E-state index contributed by atoms with van der Waals surface area (Å²) in [7, 11) is 10.3. The Labute approximate surface area is 562 Å². The fourth-order valence-corrected chi connectivity index (χ4v) is 10.5. The van der Waals surface area contributed by atoms with Gasteiger partial charge in [-0.3, -0.25) is 9.59 Å². The van der Waals surface area contributed by atoms with Crippen LogP contribution < -0.4 is 41.1 Å². The van der Waals surface area contributed by atoms with Gasteiger partial charge in [0.1, 0.15) is 22.9 Å². The van der Waals surface area contributed by atoms with Crippen molar-refractivity contribution in [1.29, 1.82) is 0 Å². The Balaban J connectivity index is 0.000000185. The fourth-order valence-electron chi connectivity index (χ4n) is 10.4. The summed E-state index contributed by atoms with van der Waals surface area (Å²) in [6.07, 6.45) is 10.1. The molecular formula is C75H83ClN16O3. The van der Waals surface area contributed by atoms with Gasteiger partial charge in [-0.05, 0) is 168 Å². The van der Waals surface area contributed by atoms with Crippen LogP contribution in [0, 0.1) is 32.6 Å². The van der Waals surface area contributed by atoms with Gasteiger partial charge in [-0.25, -0.2) is 24.9 Å². The van der Waals surface area contributed by atoms with Crippen LogP contribution in [-0.2, 0) is 23.1 Å². The molecule has 5 N–H and O–H groups in total. The lowest BCUT2D eigenvalue weighted by atomic mass is 10.0. The van der Waals surface area contributed by atoms with Crippen LogP contribution in [0.4, 0.5) is 57.5 Å². The maximum Gasteiger partial charge on any atom is 0.247 e. The molecule has 0 atom stereocenters. The highest BCUT2D eigenvalue weighted by atomic mass is 35.5. The van der Waals surface area contributed by atoms with Crippen molar-refractivity contribution in [3.63, 3.8) is 0 Å². The van der Waals surface area contributed by atoms with E-state index >= 15 is 0 Å². The second kappa shape index (κ2) is 33.1. The summed E-state index contributed by atoms with van der Waals surface area (Å²) < 4.78 is 7.97. The number of fused-ring (bicyclic) bond motifs is 2. The van der Waals surface area contributed by atoms with E-state index in [1.807, 2.05) is 90.6 Å². The average molecular weight is 1290 g/mol. The normalized spacial score (nSPS) is 11.7. The molecule has 95 heavy (non-hydrogen) atoms. The Morgan fingerprint density at radius 2 is 1.43 bits per heavy atom. The first-order chi connectivity index (χ1) is 45.3. The molecule has 19 nitrogen and oxygen atoms in total. The zero-order chi connectivity index (χ0) is 66.8. The van der Waals surface area contributed by atoms with E-state index in [1.165, 1.54) is 29.6 Å². The number of hydrogen-bond acceptors (Lipinski definition) is 16. The van der Waals surface area contributed by atoms with Crippen molar-refractivity contribution in [2.45, 2.75) is 41.5 Å². The molecule has 20 heteroatoms. The molecule has 1 fully saturated rings. The van der Waals surface area contributed by atoms with Crippen LogP contribution >= 0.6 is 11.6 Å². The Kier molecular flexibility index (Phi) is 24.4. The summed E-state index contributed by atoms with van der Waals surface area (Å²) in [6, 6.07) is 41.8. The summed E-state index contributed by atoms with van der Waals surface area (Å²) in [5.74, 6) is 7.66. The molecule has 1 aliphatic heterocycles. The largest absolute Gasteiger partial charge is 0.437 e. The number of rotatable bonds is 20. The van der Waals surface area contributed by atoms with Crippen molar-refractivity contribution >= 4 is 103 Å². The van der Waals surface area contributed by atoms with Gasteiger partial charge in [-0.1, -0.05) is 87.1 Å². The number of allylic oxidation sites excluding steroid dienone is 1. The molecule has 0 spiro atoms. The number of nitrogens with one attached hydrogen (secondary N) is 5. The van der Waals surface area contributed by atoms with Crippen LogP contribution in [0.15, 0.2) is 190 Å². The minimum Gasteiger partial charge on any atom is -0.437 e. The van der Waals surface area contributed by atoms with E-state index in [0.717, 1.165) is 130 Å². The third kappa shape index (κ3) is 19.1. The second-order valence-corrected chi connectivity index (χ2v) is 23.4. The van der Waals surface area contributed by atoms with Crippen molar-refractivity contribution in [1.82, 2.24) is 44.3 Å². The van der Waals surface area contributed by atoms with E-state index in [9.17, 15) is 9.59 Å². The van der Waals surface area contributed by atoms with Crippen LogP contribution in [0.5, 0.6) is 11.6 Å². The number of para-hydroxylation sites is 1. The van der Waals surface area contributed by atoms with Crippen LogP contribution in [-0.4, -0.2) is 124 Å². The lowest BCUT2D eigenvalue weighted by Crippen LogP contribution is -2.44. The van der Waals surface area contributed by atoms with Crippen LogP contribution in [0.1, 0.15) is 36.6 Å². The third-order valence-corrected chi connectivity index (χ3v) is 15.7. The van der Waals surface area contributed by atoms with Gasteiger partial charge < -0.3 is 55.5 Å². The molecule has 1 aliphatic rings. The van der Waals surface area contributed by atoms with Crippen molar-refractivity contribution in [3.8, 4) is 34.7 Å². The summed E-state index contributed by atoms with van der Waals surface area (Å²) >= 11 is 6.27. The molecule has 4 aromatic heterocycles. The highest BCUT2D eigenvalue weighted by Crippen LogP contribution is 2.36. The van der Waals surface area contributed by atoms with E-state index in [2.05, 4.69) is 189 Å². The van der Waals surface area contributed by atoms with Crippen molar-refractivity contribution < 1.29 is 14.3 Å². The van der Waals surface area contributed by atoms with Gasteiger partial charge in [0.05, 0.1) is 28.8 Å².